The topological polar surface area (TPSA) is 54.4 Å². The number of phenolic OH excluding ortho intramolecular Hbond substituents is 1. The Labute approximate surface area is 226 Å². The Kier molecular flexibility index (Phi) is 8.28. The van der Waals surface area contributed by atoms with E-state index >= 15 is 0 Å². The van der Waals surface area contributed by atoms with Crippen LogP contribution in [0.2, 0.25) is 0 Å². The van der Waals surface area contributed by atoms with E-state index in [2.05, 4.69) is 59.2 Å². The van der Waals surface area contributed by atoms with Gasteiger partial charge in [0.1, 0.15) is 18.1 Å². The minimum absolute atomic E-state index is 0.346. The van der Waals surface area contributed by atoms with Crippen molar-refractivity contribution in [1.29, 1.82) is 0 Å². The summed E-state index contributed by atoms with van der Waals surface area (Å²) in [5.74, 6) is 3.14. The van der Waals surface area contributed by atoms with Crippen LogP contribution in [0.5, 0.6) is 23.0 Å². The number of aryl methyl sites for hydroxylation is 1. The minimum atomic E-state index is 0.346. The molecule has 0 saturated carbocycles. The van der Waals surface area contributed by atoms with Gasteiger partial charge >= 0.3 is 0 Å². The predicted molar refractivity (Wildman–Crippen MR) is 152 cm³/mol. The number of methoxy groups -OCH3 is 2. The lowest BCUT2D eigenvalue weighted by Gasteiger charge is -2.32. The number of likely N-dealkylation sites (tertiary alicyclic amines) is 1. The van der Waals surface area contributed by atoms with Gasteiger partial charge in [0.15, 0.2) is 11.5 Å². The van der Waals surface area contributed by atoms with E-state index in [4.69, 9.17) is 14.2 Å². The number of anilines is 1. The van der Waals surface area contributed by atoms with Crippen molar-refractivity contribution in [2.24, 2.45) is 0 Å². The van der Waals surface area contributed by atoms with Gasteiger partial charge in [-0.15, -0.1) is 0 Å². The second-order valence-electron chi connectivity index (χ2n) is 10.4. The maximum Gasteiger partial charge on any atom is 0.162 e. The maximum absolute atomic E-state index is 9.93. The number of hydrogen-bond donors (Lipinski definition) is 1. The average Bonchev–Trinajstić information content (AvgIpc) is 2.92. The summed E-state index contributed by atoms with van der Waals surface area (Å²) >= 11 is 0. The maximum atomic E-state index is 9.93. The molecule has 1 unspecified atom stereocenters. The highest BCUT2D eigenvalue weighted by Gasteiger charge is 2.26. The zero-order valence-corrected chi connectivity index (χ0v) is 22.9. The Hall–Kier alpha value is -3.38. The number of ether oxygens (including phenoxy) is 3. The molecule has 0 amide bonds. The highest BCUT2D eigenvalue weighted by Crippen LogP contribution is 2.43. The van der Waals surface area contributed by atoms with Crippen molar-refractivity contribution in [1.82, 2.24) is 4.90 Å². The first-order valence-corrected chi connectivity index (χ1v) is 13.8. The second kappa shape index (κ2) is 12.0. The summed E-state index contributed by atoms with van der Waals surface area (Å²) in [6, 6.07) is 18.6. The standard InChI is InChI=1S/C32H40N2O4/c1-4-34(22-23-6-12-28(13-7-23)38-17-16-33-14-5-15-33)30-21-32(37-3)31(36-2)20-29(30)26-9-8-25-19-27(35)11-10-24(25)18-26/h6-7,10-13,19-21,26,35H,4-5,8-9,14-18,22H2,1-3H3. The molecule has 1 heterocycles. The lowest BCUT2D eigenvalue weighted by atomic mass is 9.79. The fraction of sp³-hybridized carbons (Fsp3) is 0.438. The van der Waals surface area contributed by atoms with Gasteiger partial charge in [-0.05, 0) is 104 Å². The van der Waals surface area contributed by atoms with Gasteiger partial charge in [-0.3, -0.25) is 4.90 Å². The van der Waals surface area contributed by atoms with Crippen LogP contribution in [0.3, 0.4) is 0 Å². The van der Waals surface area contributed by atoms with E-state index in [9.17, 15) is 5.11 Å². The van der Waals surface area contributed by atoms with Gasteiger partial charge < -0.3 is 24.2 Å². The van der Waals surface area contributed by atoms with Crippen LogP contribution in [-0.4, -0.2) is 57.0 Å². The molecule has 0 aromatic heterocycles. The van der Waals surface area contributed by atoms with E-state index in [0.29, 0.717) is 11.7 Å². The van der Waals surface area contributed by atoms with Crippen molar-refractivity contribution < 1.29 is 19.3 Å². The van der Waals surface area contributed by atoms with E-state index < -0.39 is 0 Å². The molecule has 0 bridgehead atoms. The molecule has 6 nitrogen and oxygen atoms in total. The monoisotopic (exact) mass is 516 g/mol. The first kappa shape index (κ1) is 26.2. The molecule has 202 valence electrons. The third-order valence-electron chi connectivity index (χ3n) is 8.04. The Morgan fingerprint density at radius 3 is 2.39 bits per heavy atom. The lowest BCUT2D eigenvalue weighted by Crippen LogP contribution is -2.39. The summed E-state index contributed by atoms with van der Waals surface area (Å²) in [6.45, 7) is 8.00. The molecule has 0 radical (unpaired) electrons. The first-order chi connectivity index (χ1) is 18.6. The van der Waals surface area contributed by atoms with E-state index in [-0.39, 0.29) is 0 Å². The molecule has 6 heteroatoms. The van der Waals surface area contributed by atoms with E-state index in [1.54, 1.807) is 20.3 Å². The molecule has 0 spiro atoms. The van der Waals surface area contributed by atoms with Crippen LogP contribution in [0.15, 0.2) is 54.6 Å². The van der Waals surface area contributed by atoms with Crippen molar-refractivity contribution in [3.05, 3.63) is 76.9 Å². The summed E-state index contributed by atoms with van der Waals surface area (Å²) in [4.78, 5) is 4.84. The highest BCUT2D eigenvalue weighted by molar-refractivity contribution is 5.64. The van der Waals surface area contributed by atoms with Gasteiger partial charge in [0, 0.05) is 31.4 Å². The summed E-state index contributed by atoms with van der Waals surface area (Å²) in [6.07, 6.45) is 4.23. The molecular formula is C32H40N2O4. The minimum Gasteiger partial charge on any atom is -0.508 e. The van der Waals surface area contributed by atoms with Gasteiger partial charge in [-0.2, -0.15) is 0 Å². The fourth-order valence-electron chi connectivity index (χ4n) is 5.67. The number of benzene rings is 3. The van der Waals surface area contributed by atoms with Gasteiger partial charge in [0.2, 0.25) is 0 Å². The van der Waals surface area contributed by atoms with Crippen LogP contribution >= 0.6 is 0 Å². The van der Waals surface area contributed by atoms with E-state index in [1.165, 1.54) is 47.5 Å². The summed E-state index contributed by atoms with van der Waals surface area (Å²) in [5, 5.41) is 9.93. The molecule has 1 fully saturated rings. The van der Waals surface area contributed by atoms with Crippen LogP contribution < -0.4 is 19.1 Å². The molecule has 1 atom stereocenters. The zero-order chi connectivity index (χ0) is 26.5. The molecule has 1 N–H and O–H groups in total. The normalized spacial score (nSPS) is 16.9. The van der Waals surface area contributed by atoms with Crippen molar-refractivity contribution in [3.8, 4) is 23.0 Å². The summed E-state index contributed by atoms with van der Waals surface area (Å²) < 4.78 is 17.4. The molecule has 2 aliphatic rings. The van der Waals surface area contributed by atoms with Gasteiger partial charge in [-0.25, -0.2) is 0 Å². The SMILES string of the molecule is CCN(Cc1ccc(OCCN2CCC2)cc1)c1cc(OC)c(OC)cc1C1CCc2cc(O)ccc2C1. The Morgan fingerprint density at radius 1 is 0.947 bits per heavy atom. The molecule has 1 saturated heterocycles. The molecular weight excluding hydrogens is 476 g/mol. The molecule has 3 aromatic rings. The number of hydrogen-bond acceptors (Lipinski definition) is 6. The zero-order valence-electron chi connectivity index (χ0n) is 22.9. The lowest BCUT2D eigenvalue weighted by molar-refractivity contribution is 0.147. The first-order valence-electron chi connectivity index (χ1n) is 13.8. The Bertz CT molecular complexity index is 1220. The van der Waals surface area contributed by atoms with Crippen LogP contribution in [0, 0.1) is 0 Å². The summed E-state index contributed by atoms with van der Waals surface area (Å²) in [7, 11) is 3.40. The molecule has 5 rings (SSSR count). The Morgan fingerprint density at radius 2 is 1.71 bits per heavy atom. The molecule has 3 aromatic carbocycles. The largest absolute Gasteiger partial charge is 0.508 e. The van der Waals surface area contributed by atoms with Gasteiger partial charge in [0.25, 0.3) is 0 Å². The van der Waals surface area contributed by atoms with Crippen molar-refractivity contribution in [2.45, 2.75) is 45.1 Å². The average molecular weight is 517 g/mol. The molecule has 1 aliphatic carbocycles. The number of phenols is 1. The van der Waals surface area contributed by atoms with E-state index in [0.717, 1.165) is 62.8 Å². The van der Waals surface area contributed by atoms with Crippen molar-refractivity contribution in [3.63, 3.8) is 0 Å². The number of rotatable bonds is 11. The predicted octanol–water partition coefficient (Wildman–Crippen LogP) is 5.79. The third-order valence-corrected chi connectivity index (χ3v) is 8.04. The van der Waals surface area contributed by atoms with Gasteiger partial charge in [-0.1, -0.05) is 18.2 Å². The fourth-order valence-corrected chi connectivity index (χ4v) is 5.67. The number of aromatic hydroxyl groups is 1. The van der Waals surface area contributed by atoms with Crippen LogP contribution in [0.4, 0.5) is 5.69 Å². The molecule has 38 heavy (non-hydrogen) atoms. The Balaban J connectivity index is 1.36. The van der Waals surface area contributed by atoms with Crippen LogP contribution in [0.1, 0.15) is 47.9 Å². The van der Waals surface area contributed by atoms with Crippen molar-refractivity contribution in [2.75, 3.05) is 51.9 Å². The summed E-state index contributed by atoms with van der Waals surface area (Å²) in [5.41, 5.74) is 6.28. The smallest absolute Gasteiger partial charge is 0.162 e. The number of nitrogens with zero attached hydrogens (tertiary/aromatic N) is 2. The third kappa shape index (κ3) is 5.86. The van der Waals surface area contributed by atoms with Crippen LogP contribution in [0.25, 0.3) is 0 Å². The van der Waals surface area contributed by atoms with E-state index in [1.807, 2.05) is 6.07 Å². The highest BCUT2D eigenvalue weighted by atomic mass is 16.5. The van der Waals surface area contributed by atoms with Gasteiger partial charge in [0.05, 0.1) is 14.2 Å². The van der Waals surface area contributed by atoms with Crippen molar-refractivity contribution >= 4 is 5.69 Å². The quantitative estimate of drug-likeness (QED) is 0.348. The molecule has 1 aliphatic heterocycles. The second-order valence-corrected chi connectivity index (χ2v) is 10.4. The number of fused-ring (bicyclic) bond motifs is 1. The van der Waals surface area contributed by atoms with Crippen LogP contribution in [-0.2, 0) is 19.4 Å².